The number of nitrogens with one attached hydrogen (secondary N) is 1. The summed E-state index contributed by atoms with van der Waals surface area (Å²) in [6.07, 6.45) is 1.01. The molecule has 11 heavy (non-hydrogen) atoms. The Hall–Kier alpha value is 0.270. The molecule has 0 aliphatic carbocycles. The van der Waals surface area contributed by atoms with E-state index in [-0.39, 0.29) is 0 Å². The average Bonchev–Trinajstić information content (AvgIpc) is 2.37. The molecule has 0 saturated heterocycles. The van der Waals surface area contributed by atoms with E-state index in [4.69, 9.17) is 11.6 Å². The Labute approximate surface area is 83.9 Å². The molecule has 1 aromatic rings. The van der Waals surface area contributed by atoms with Crippen LogP contribution in [0.1, 0.15) is 6.42 Å². The first-order valence-corrected chi connectivity index (χ1v) is 5.57. The van der Waals surface area contributed by atoms with Crippen LogP contribution in [0.25, 0.3) is 0 Å². The van der Waals surface area contributed by atoms with Gasteiger partial charge in [0.2, 0.25) is 0 Å². The van der Waals surface area contributed by atoms with E-state index in [1.165, 1.54) is 5.00 Å². The molecule has 0 unspecified atom stereocenters. The molecule has 0 aromatic carbocycles. The van der Waals surface area contributed by atoms with Crippen molar-refractivity contribution in [1.82, 2.24) is 0 Å². The van der Waals surface area contributed by atoms with E-state index in [0.717, 1.165) is 23.3 Å². The molecular weight excluding hydrogens is 246 g/mol. The molecular formula is C7H9BrClNS. The lowest BCUT2D eigenvalue weighted by molar-refractivity contribution is 0.991. The summed E-state index contributed by atoms with van der Waals surface area (Å²) in [5, 5.41) is 6.53. The van der Waals surface area contributed by atoms with Crippen molar-refractivity contribution in [2.24, 2.45) is 0 Å². The molecule has 0 aliphatic heterocycles. The SMILES string of the molecule is ClCCCNc1cc(Br)cs1. The predicted octanol–water partition coefficient (Wildman–Crippen LogP) is 3.55. The molecule has 1 aromatic heterocycles. The van der Waals surface area contributed by atoms with Gasteiger partial charge in [-0.25, -0.2) is 0 Å². The number of rotatable bonds is 4. The number of thiophene rings is 1. The largest absolute Gasteiger partial charge is 0.377 e. The predicted molar refractivity (Wildman–Crippen MR) is 55.8 cm³/mol. The van der Waals surface area contributed by atoms with E-state index >= 15 is 0 Å². The van der Waals surface area contributed by atoms with E-state index in [2.05, 4.69) is 32.7 Å². The zero-order valence-corrected chi connectivity index (χ0v) is 9.10. The summed E-state index contributed by atoms with van der Waals surface area (Å²) in [5.74, 6) is 0.722. The van der Waals surface area contributed by atoms with Crippen LogP contribution in [0.5, 0.6) is 0 Å². The van der Waals surface area contributed by atoms with Gasteiger partial charge in [-0.2, -0.15) is 0 Å². The van der Waals surface area contributed by atoms with Crippen LogP contribution in [0.2, 0.25) is 0 Å². The molecule has 0 bridgehead atoms. The quantitative estimate of drug-likeness (QED) is 0.640. The summed E-state index contributed by atoms with van der Waals surface area (Å²) < 4.78 is 1.14. The van der Waals surface area contributed by atoms with Crippen molar-refractivity contribution >= 4 is 43.9 Å². The highest BCUT2D eigenvalue weighted by Crippen LogP contribution is 2.24. The Morgan fingerprint density at radius 3 is 3.00 bits per heavy atom. The van der Waals surface area contributed by atoms with E-state index in [1.54, 1.807) is 11.3 Å². The van der Waals surface area contributed by atoms with E-state index in [9.17, 15) is 0 Å². The summed E-state index contributed by atoms with van der Waals surface area (Å²) in [7, 11) is 0. The molecule has 4 heteroatoms. The third-order valence-electron chi connectivity index (χ3n) is 1.18. The monoisotopic (exact) mass is 253 g/mol. The second-order valence-electron chi connectivity index (χ2n) is 2.10. The summed E-state index contributed by atoms with van der Waals surface area (Å²) in [6, 6.07) is 2.07. The van der Waals surface area contributed by atoms with Crippen LogP contribution in [-0.2, 0) is 0 Å². The van der Waals surface area contributed by atoms with Gasteiger partial charge in [0.1, 0.15) is 0 Å². The molecule has 0 radical (unpaired) electrons. The smallest absolute Gasteiger partial charge is 0.0894 e. The lowest BCUT2D eigenvalue weighted by atomic mass is 10.5. The highest BCUT2D eigenvalue weighted by Gasteiger charge is 1.94. The van der Waals surface area contributed by atoms with Gasteiger partial charge >= 0.3 is 0 Å². The van der Waals surface area contributed by atoms with Gasteiger partial charge in [-0.1, -0.05) is 0 Å². The summed E-state index contributed by atoms with van der Waals surface area (Å²) in [5.41, 5.74) is 0. The minimum absolute atomic E-state index is 0.722. The summed E-state index contributed by atoms with van der Waals surface area (Å²) in [4.78, 5) is 0. The lowest BCUT2D eigenvalue weighted by Crippen LogP contribution is -1.99. The second-order valence-corrected chi connectivity index (χ2v) is 4.30. The molecule has 0 saturated carbocycles. The van der Waals surface area contributed by atoms with Gasteiger partial charge in [0.15, 0.2) is 0 Å². The highest BCUT2D eigenvalue weighted by atomic mass is 79.9. The number of anilines is 1. The fourth-order valence-corrected chi connectivity index (χ4v) is 2.17. The molecule has 1 heterocycles. The lowest BCUT2D eigenvalue weighted by Gasteiger charge is -1.98. The Balaban J connectivity index is 2.27. The number of hydrogen-bond donors (Lipinski definition) is 1. The first-order valence-electron chi connectivity index (χ1n) is 3.37. The number of alkyl halides is 1. The number of halogens is 2. The minimum Gasteiger partial charge on any atom is -0.377 e. The first-order chi connectivity index (χ1) is 5.33. The van der Waals surface area contributed by atoms with Gasteiger partial charge in [0.05, 0.1) is 5.00 Å². The van der Waals surface area contributed by atoms with Crippen molar-refractivity contribution in [3.05, 3.63) is 15.9 Å². The van der Waals surface area contributed by atoms with Crippen molar-refractivity contribution in [3.63, 3.8) is 0 Å². The third-order valence-corrected chi connectivity index (χ3v) is 3.09. The van der Waals surface area contributed by atoms with Gasteiger partial charge in [-0.3, -0.25) is 0 Å². The van der Waals surface area contributed by atoms with E-state index in [0.29, 0.717) is 0 Å². The Morgan fingerprint density at radius 2 is 2.45 bits per heavy atom. The molecule has 1 nitrogen and oxygen atoms in total. The van der Waals surface area contributed by atoms with Crippen LogP contribution in [0.4, 0.5) is 5.00 Å². The fourth-order valence-electron chi connectivity index (χ4n) is 0.684. The standard InChI is InChI=1S/C7H9BrClNS/c8-6-4-7(11-5-6)10-3-1-2-9/h4-5,10H,1-3H2. The molecule has 0 fully saturated rings. The van der Waals surface area contributed by atoms with Gasteiger partial charge in [0.25, 0.3) is 0 Å². The van der Waals surface area contributed by atoms with Crippen molar-refractivity contribution in [1.29, 1.82) is 0 Å². The highest BCUT2D eigenvalue weighted by molar-refractivity contribution is 9.10. The van der Waals surface area contributed by atoms with Crippen molar-refractivity contribution in [3.8, 4) is 0 Å². The van der Waals surface area contributed by atoms with Crippen LogP contribution in [0.3, 0.4) is 0 Å². The summed E-state index contributed by atoms with van der Waals surface area (Å²) in [6.45, 7) is 0.955. The van der Waals surface area contributed by atoms with E-state index in [1.807, 2.05) is 0 Å². The zero-order valence-electron chi connectivity index (χ0n) is 5.94. The topological polar surface area (TPSA) is 12.0 Å². The first kappa shape index (κ1) is 9.36. The van der Waals surface area contributed by atoms with E-state index < -0.39 is 0 Å². The zero-order chi connectivity index (χ0) is 8.10. The molecule has 1 N–H and O–H groups in total. The summed E-state index contributed by atoms with van der Waals surface area (Å²) >= 11 is 10.6. The fraction of sp³-hybridized carbons (Fsp3) is 0.429. The van der Waals surface area contributed by atoms with Crippen molar-refractivity contribution in [2.75, 3.05) is 17.7 Å². The van der Waals surface area contributed by atoms with Gasteiger partial charge in [-0.05, 0) is 28.4 Å². The second kappa shape index (κ2) is 5.01. The normalized spacial score (nSPS) is 10.0. The third kappa shape index (κ3) is 3.45. The van der Waals surface area contributed by atoms with Crippen molar-refractivity contribution < 1.29 is 0 Å². The van der Waals surface area contributed by atoms with Crippen LogP contribution < -0.4 is 5.32 Å². The van der Waals surface area contributed by atoms with Gasteiger partial charge in [-0.15, -0.1) is 22.9 Å². The van der Waals surface area contributed by atoms with Gasteiger partial charge in [0, 0.05) is 22.3 Å². The molecule has 0 amide bonds. The van der Waals surface area contributed by atoms with Gasteiger partial charge < -0.3 is 5.32 Å². The van der Waals surface area contributed by atoms with Crippen LogP contribution in [-0.4, -0.2) is 12.4 Å². The molecule has 1 rings (SSSR count). The molecule has 0 atom stereocenters. The molecule has 0 spiro atoms. The molecule has 62 valence electrons. The Morgan fingerprint density at radius 1 is 1.64 bits per heavy atom. The minimum atomic E-state index is 0.722. The van der Waals surface area contributed by atoms with Crippen LogP contribution in [0.15, 0.2) is 15.9 Å². The van der Waals surface area contributed by atoms with Crippen molar-refractivity contribution in [2.45, 2.75) is 6.42 Å². The Kier molecular flexibility index (Phi) is 4.26. The van der Waals surface area contributed by atoms with Crippen LogP contribution >= 0.6 is 38.9 Å². The molecule has 0 aliphatic rings. The average molecular weight is 255 g/mol. The van der Waals surface area contributed by atoms with Crippen LogP contribution in [0, 0.1) is 0 Å². The number of hydrogen-bond acceptors (Lipinski definition) is 2. The maximum Gasteiger partial charge on any atom is 0.0894 e. The maximum absolute atomic E-state index is 5.53. The maximum atomic E-state index is 5.53. The Bertz CT molecular complexity index is 214.